The van der Waals surface area contributed by atoms with E-state index >= 15 is 0 Å². The van der Waals surface area contributed by atoms with E-state index in [1.807, 2.05) is 37.4 Å². The highest BCUT2D eigenvalue weighted by molar-refractivity contribution is 5.79. The lowest BCUT2D eigenvalue weighted by molar-refractivity contribution is -0.120. The second-order valence-electron chi connectivity index (χ2n) is 4.21. The molecule has 2 aromatic rings. The lowest BCUT2D eigenvalue weighted by Gasteiger charge is -2.09. The number of methoxy groups -OCH3 is 1. The first-order valence-electron chi connectivity index (χ1n) is 6.06. The van der Waals surface area contributed by atoms with Gasteiger partial charge in [-0.3, -0.25) is 9.48 Å². The zero-order valence-electron chi connectivity index (χ0n) is 11.1. The minimum atomic E-state index is -0.0364. The molecule has 0 fully saturated rings. The Morgan fingerprint density at radius 3 is 2.84 bits per heavy atom. The second kappa shape index (κ2) is 6.04. The summed E-state index contributed by atoms with van der Waals surface area (Å²) in [7, 11) is 3.45. The SMILES string of the molecule is COc1ccccc1CC(=O)NCc1ccnn1C. The molecule has 1 N–H and O–H groups in total. The van der Waals surface area contributed by atoms with E-state index in [0.717, 1.165) is 17.0 Å². The minimum Gasteiger partial charge on any atom is -0.496 e. The van der Waals surface area contributed by atoms with Gasteiger partial charge in [0.2, 0.25) is 5.91 Å². The van der Waals surface area contributed by atoms with Gasteiger partial charge >= 0.3 is 0 Å². The summed E-state index contributed by atoms with van der Waals surface area (Å²) in [4.78, 5) is 11.9. The fraction of sp³-hybridized carbons (Fsp3) is 0.286. The largest absolute Gasteiger partial charge is 0.496 e. The zero-order valence-corrected chi connectivity index (χ0v) is 11.1. The van der Waals surface area contributed by atoms with Crippen molar-refractivity contribution in [1.82, 2.24) is 15.1 Å². The standard InChI is InChI=1S/C14H17N3O2/c1-17-12(7-8-16-17)10-15-14(18)9-11-5-3-4-6-13(11)19-2/h3-8H,9-10H2,1-2H3,(H,15,18). The number of aromatic nitrogens is 2. The topological polar surface area (TPSA) is 56.1 Å². The Morgan fingerprint density at radius 1 is 1.37 bits per heavy atom. The molecule has 5 heteroatoms. The maximum absolute atomic E-state index is 11.9. The molecule has 0 unspecified atom stereocenters. The summed E-state index contributed by atoms with van der Waals surface area (Å²) >= 11 is 0. The van der Waals surface area contributed by atoms with E-state index < -0.39 is 0 Å². The normalized spacial score (nSPS) is 10.2. The Kier molecular flexibility index (Phi) is 4.18. The highest BCUT2D eigenvalue weighted by Gasteiger charge is 2.08. The number of ether oxygens (including phenoxy) is 1. The van der Waals surface area contributed by atoms with E-state index in [4.69, 9.17) is 4.74 Å². The fourth-order valence-electron chi connectivity index (χ4n) is 1.85. The number of hydrogen-bond donors (Lipinski definition) is 1. The van der Waals surface area contributed by atoms with Crippen LogP contribution in [0.4, 0.5) is 0 Å². The zero-order chi connectivity index (χ0) is 13.7. The third kappa shape index (κ3) is 3.34. The summed E-state index contributed by atoms with van der Waals surface area (Å²) in [6.07, 6.45) is 2.02. The Morgan fingerprint density at radius 2 is 2.16 bits per heavy atom. The maximum atomic E-state index is 11.9. The van der Waals surface area contributed by atoms with Gasteiger partial charge < -0.3 is 10.1 Å². The van der Waals surface area contributed by atoms with Gasteiger partial charge in [-0.15, -0.1) is 0 Å². The molecule has 0 atom stereocenters. The van der Waals surface area contributed by atoms with Gasteiger partial charge in [-0.1, -0.05) is 18.2 Å². The summed E-state index contributed by atoms with van der Waals surface area (Å²) in [6.45, 7) is 0.477. The van der Waals surface area contributed by atoms with Crippen molar-refractivity contribution in [3.05, 3.63) is 47.8 Å². The highest BCUT2D eigenvalue weighted by Crippen LogP contribution is 2.17. The van der Waals surface area contributed by atoms with Crippen LogP contribution in [-0.4, -0.2) is 22.8 Å². The van der Waals surface area contributed by atoms with Gasteiger partial charge in [-0.05, 0) is 12.1 Å². The van der Waals surface area contributed by atoms with Gasteiger partial charge in [0.1, 0.15) is 5.75 Å². The number of nitrogens with one attached hydrogen (secondary N) is 1. The predicted molar refractivity (Wildman–Crippen MR) is 71.8 cm³/mol. The van der Waals surface area contributed by atoms with Crippen LogP contribution >= 0.6 is 0 Å². The Hall–Kier alpha value is -2.30. The molecule has 1 amide bonds. The number of amides is 1. The number of carbonyl (C=O) groups is 1. The van der Waals surface area contributed by atoms with Gasteiger partial charge in [0.05, 0.1) is 25.8 Å². The Labute approximate surface area is 112 Å². The van der Waals surface area contributed by atoms with Crippen molar-refractivity contribution in [2.75, 3.05) is 7.11 Å². The molecule has 5 nitrogen and oxygen atoms in total. The Balaban J connectivity index is 1.93. The summed E-state index contributed by atoms with van der Waals surface area (Å²) in [5.74, 6) is 0.698. The average Bonchev–Trinajstić information content (AvgIpc) is 2.82. The molecule has 0 aliphatic carbocycles. The fourth-order valence-corrected chi connectivity index (χ4v) is 1.85. The molecule has 19 heavy (non-hydrogen) atoms. The van der Waals surface area contributed by atoms with E-state index in [1.165, 1.54) is 0 Å². The van der Waals surface area contributed by atoms with Crippen LogP contribution in [0.15, 0.2) is 36.5 Å². The van der Waals surface area contributed by atoms with Crippen LogP contribution in [0.5, 0.6) is 5.75 Å². The first-order chi connectivity index (χ1) is 9.20. The third-order valence-corrected chi connectivity index (χ3v) is 2.93. The molecule has 0 saturated carbocycles. The summed E-state index contributed by atoms with van der Waals surface area (Å²) in [5.41, 5.74) is 1.85. The van der Waals surface area contributed by atoms with Gasteiger partial charge in [0.25, 0.3) is 0 Å². The smallest absolute Gasteiger partial charge is 0.224 e. The molecule has 0 radical (unpaired) electrons. The van der Waals surface area contributed by atoms with Gasteiger partial charge in [-0.2, -0.15) is 5.10 Å². The minimum absolute atomic E-state index is 0.0364. The number of rotatable bonds is 5. The maximum Gasteiger partial charge on any atom is 0.224 e. The van der Waals surface area contributed by atoms with Crippen molar-refractivity contribution >= 4 is 5.91 Å². The van der Waals surface area contributed by atoms with Crippen molar-refractivity contribution in [3.63, 3.8) is 0 Å². The second-order valence-corrected chi connectivity index (χ2v) is 4.21. The van der Waals surface area contributed by atoms with E-state index in [0.29, 0.717) is 13.0 Å². The summed E-state index contributed by atoms with van der Waals surface area (Å²) in [6, 6.07) is 9.40. The van der Waals surface area contributed by atoms with Crippen LogP contribution < -0.4 is 10.1 Å². The van der Waals surface area contributed by atoms with E-state index in [1.54, 1.807) is 18.0 Å². The lowest BCUT2D eigenvalue weighted by Crippen LogP contribution is -2.25. The molecule has 0 aliphatic rings. The van der Waals surface area contributed by atoms with Gasteiger partial charge in [0.15, 0.2) is 0 Å². The molecule has 0 bridgehead atoms. The van der Waals surface area contributed by atoms with Crippen molar-refractivity contribution in [2.45, 2.75) is 13.0 Å². The molecule has 1 aromatic heterocycles. The lowest BCUT2D eigenvalue weighted by atomic mass is 10.1. The molecule has 1 heterocycles. The van der Waals surface area contributed by atoms with Crippen molar-refractivity contribution in [3.8, 4) is 5.75 Å². The molecule has 0 spiro atoms. The first kappa shape index (κ1) is 13.1. The number of carbonyl (C=O) groups excluding carboxylic acids is 1. The molecule has 0 aliphatic heterocycles. The van der Waals surface area contributed by atoms with Crippen LogP contribution in [0.3, 0.4) is 0 Å². The van der Waals surface area contributed by atoms with E-state index in [-0.39, 0.29) is 5.91 Å². The molecule has 100 valence electrons. The van der Waals surface area contributed by atoms with Crippen molar-refractivity contribution in [1.29, 1.82) is 0 Å². The van der Waals surface area contributed by atoms with Gasteiger partial charge in [-0.25, -0.2) is 0 Å². The summed E-state index contributed by atoms with van der Waals surface area (Å²) < 4.78 is 6.96. The molecular weight excluding hydrogens is 242 g/mol. The average molecular weight is 259 g/mol. The van der Waals surface area contributed by atoms with Gasteiger partial charge in [0, 0.05) is 18.8 Å². The first-order valence-corrected chi connectivity index (χ1v) is 6.06. The van der Waals surface area contributed by atoms with E-state index in [9.17, 15) is 4.79 Å². The monoisotopic (exact) mass is 259 g/mol. The number of nitrogens with zero attached hydrogens (tertiary/aromatic N) is 2. The third-order valence-electron chi connectivity index (χ3n) is 2.93. The van der Waals surface area contributed by atoms with Crippen LogP contribution in [0, 0.1) is 0 Å². The number of para-hydroxylation sites is 1. The van der Waals surface area contributed by atoms with Crippen molar-refractivity contribution < 1.29 is 9.53 Å². The quantitative estimate of drug-likeness (QED) is 0.880. The molecule has 2 rings (SSSR count). The van der Waals surface area contributed by atoms with Crippen LogP contribution in [-0.2, 0) is 24.8 Å². The summed E-state index contributed by atoms with van der Waals surface area (Å²) in [5, 5.41) is 6.92. The van der Waals surface area contributed by atoms with Crippen molar-refractivity contribution in [2.24, 2.45) is 7.05 Å². The molecular formula is C14H17N3O2. The van der Waals surface area contributed by atoms with Crippen LogP contribution in [0.25, 0.3) is 0 Å². The van der Waals surface area contributed by atoms with Crippen LogP contribution in [0.2, 0.25) is 0 Å². The molecule has 0 saturated heterocycles. The number of aryl methyl sites for hydroxylation is 1. The van der Waals surface area contributed by atoms with E-state index in [2.05, 4.69) is 10.4 Å². The number of benzene rings is 1. The Bertz CT molecular complexity index is 563. The highest BCUT2D eigenvalue weighted by atomic mass is 16.5. The number of hydrogen-bond acceptors (Lipinski definition) is 3. The molecule has 1 aromatic carbocycles. The van der Waals surface area contributed by atoms with Crippen LogP contribution in [0.1, 0.15) is 11.3 Å². The predicted octanol–water partition coefficient (Wildman–Crippen LogP) is 1.29.